The zero-order valence-corrected chi connectivity index (χ0v) is 28.8. The van der Waals surface area contributed by atoms with E-state index in [-0.39, 0.29) is 71.8 Å². The van der Waals surface area contributed by atoms with Gasteiger partial charge in [0.2, 0.25) is 0 Å². The van der Waals surface area contributed by atoms with Crippen LogP contribution in [0.1, 0.15) is 40.1 Å². The van der Waals surface area contributed by atoms with Crippen molar-refractivity contribution in [1.29, 1.82) is 0 Å². The first-order valence-corrected chi connectivity index (χ1v) is 17.6. The first-order chi connectivity index (χ1) is 30.1. The van der Waals surface area contributed by atoms with E-state index >= 15 is 0 Å². The van der Waals surface area contributed by atoms with E-state index in [4.69, 9.17) is 25.9 Å². The van der Waals surface area contributed by atoms with Crippen LogP contribution in [-0.4, -0.2) is 15.0 Å². The highest BCUT2D eigenvalue weighted by Crippen LogP contribution is 2.49. The highest BCUT2D eigenvalue weighted by Gasteiger charge is 2.35. The Bertz CT molecular complexity index is 3410. The van der Waals surface area contributed by atoms with Crippen molar-refractivity contribution in [1.82, 2.24) is 15.0 Å². The Balaban J connectivity index is 1.23. The van der Waals surface area contributed by atoms with Crippen LogP contribution >= 0.6 is 11.3 Å². The van der Waals surface area contributed by atoms with Gasteiger partial charge in [-0.15, -0.1) is 11.3 Å². The van der Waals surface area contributed by atoms with Crippen LogP contribution in [0.25, 0.3) is 87.7 Å². The van der Waals surface area contributed by atoms with Gasteiger partial charge in [0, 0.05) is 42.3 Å². The lowest BCUT2D eigenvalue weighted by Crippen LogP contribution is -2.15. The monoisotopic (exact) mass is 694 g/mol. The maximum absolute atomic E-state index is 9.67. The van der Waals surface area contributed by atoms with Crippen LogP contribution in [0.5, 0.6) is 0 Å². The van der Waals surface area contributed by atoms with E-state index in [0.29, 0.717) is 11.1 Å². The number of hydrogen-bond donors (Lipinski definition) is 0. The fourth-order valence-electron chi connectivity index (χ4n) is 7.15. The average Bonchev–Trinajstić information content (AvgIpc) is 3.81. The zero-order valence-electron chi connectivity index (χ0n) is 39.0. The normalized spacial score (nSPS) is 15.9. The van der Waals surface area contributed by atoms with Crippen molar-refractivity contribution in [3.63, 3.8) is 0 Å². The van der Waals surface area contributed by atoms with Crippen LogP contribution in [0.15, 0.2) is 164 Å². The number of nitrogens with zero attached hydrogens (tertiary/aromatic N) is 3. The number of benzene rings is 7. The predicted octanol–water partition coefficient (Wildman–Crippen LogP) is 12.9. The van der Waals surface area contributed by atoms with E-state index in [1.54, 1.807) is 0 Å². The third-order valence-corrected chi connectivity index (χ3v) is 10.8. The largest absolute Gasteiger partial charge is 0.208 e. The van der Waals surface area contributed by atoms with Gasteiger partial charge >= 0.3 is 0 Å². The minimum atomic E-state index is -0.650. The molecule has 0 bridgehead atoms. The molecule has 3 nitrogen and oxygen atoms in total. The summed E-state index contributed by atoms with van der Waals surface area (Å²) < 4.78 is 97.8. The molecule has 0 fully saturated rings. The van der Waals surface area contributed by atoms with Crippen LogP contribution in [0.2, 0.25) is 0 Å². The SMILES string of the molecule is [2H]c1c([2H])c([2H])c(-c2c([2H])c([2H])c([2H])c3sc4c([2H])c(-c5nc(-c6ccc(-c7ccccc7)cc6)nc(-c6ccc7c(c6)C(C)(C)c6ccccc6-7)n5)c([2H])c([2H])c4c23)c([2H])c1[2H]. The first kappa shape index (κ1) is 21.2. The Kier molecular flexibility index (Phi) is 4.87. The Morgan fingerprint density at radius 2 is 1.13 bits per heavy atom. The van der Waals surface area contributed by atoms with Gasteiger partial charge in [0.15, 0.2) is 17.5 Å². The summed E-state index contributed by atoms with van der Waals surface area (Å²) in [4.78, 5) is 14.8. The van der Waals surface area contributed by atoms with E-state index in [2.05, 4.69) is 38.1 Å². The van der Waals surface area contributed by atoms with Crippen molar-refractivity contribution in [3.8, 4) is 67.5 Å². The van der Waals surface area contributed by atoms with Crippen molar-refractivity contribution < 1.29 is 15.1 Å². The number of rotatable bonds is 5. The van der Waals surface area contributed by atoms with Gasteiger partial charge in [-0.3, -0.25) is 0 Å². The molecule has 4 heteroatoms. The van der Waals surface area contributed by atoms with Gasteiger partial charge in [-0.05, 0) is 62.7 Å². The maximum Gasteiger partial charge on any atom is 0.164 e. The molecule has 0 radical (unpaired) electrons. The molecule has 52 heavy (non-hydrogen) atoms. The minimum absolute atomic E-state index is 0.00429. The molecule has 9 aromatic rings. The minimum Gasteiger partial charge on any atom is -0.208 e. The molecule has 0 aliphatic heterocycles. The van der Waals surface area contributed by atoms with Crippen LogP contribution in [-0.2, 0) is 5.41 Å². The lowest BCUT2D eigenvalue weighted by molar-refractivity contribution is 0.660. The molecule has 7 aromatic carbocycles. The number of fused-ring (bicyclic) bond motifs is 6. The molecule has 10 rings (SSSR count). The third-order valence-electron chi connectivity index (χ3n) is 9.77. The molecule has 1 aliphatic rings. The van der Waals surface area contributed by atoms with E-state index in [1.165, 1.54) is 5.56 Å². The second-order valence-electron chi connectivity index (χ2n) is 13.2. The van der Waals surface area contributed by atoms with Gasteiger partial charge in [-0.2, -0.15) is 0 Å². The molecule has 0 spiro atoms. The predicted molar refractivity (Wildman–Crippen MR) is 217 cm³/mol. The molecule has 246 valence electrons. The van der Waals surface area contributed by atoms with Gasteiger partial charge in [-0.1, -0.05) is 159 Å². The van der Waals surface area contributed by atoms with Crippen LogP contribution in [0.4, 0.5) is 0 Å². The molecule has 0 N–H and O–H groups in total. The van der Waals surface area contributed by atoms with Crippen molar-refractivity contribution in [2.75, 3.05) is 0 Å². The lowest BCUT2D eigenvalue weighted by atomic mass is 9.82. The Morgan fingerprint density at radius 3 is 1.94 bits per heavy atom. The molecular weight excluding hydrogens is 651 g/mol. The Morgan fingerprint density at radius 1 is 0.481 bits per heavy atom. The summed E-state index contributed by atoms with van der Waals surface area (Å²) in [7, 11) is 0. The smallest absolute Gasteiger partial charge is 0.164 e. The first-order valence-electron chi connectivity index (χ1n) is 22.3. The van der Waals surface area contributed by atoms with E-state index in [0.717, 1.165) is 39.2 Å². The summed E-state index contributed by atoms with van der Waals surface area (Å²) in [5, 5.41) is -0.0145. The van der Waals surface area contributed by atoms with Gasteiger partial charge in [-0.25, -0.2) is 15.0 Å². The number of aromatic nitrogens is 3. The molecule has 0 amide bonds. The number of hydrogen-bond acceptors (Lipinski definition) is 4. The topological polar surface area (TPSA) is 38.7 Å². The summed E-state index contributed by atoms with van der Waals surface area (Å²) in [6.45, 7) is 4.35. The zero-order chi connectivity index (χ0) is 44.4. The van der Waals surface area contributed by atoms with Gasteiger partial charge in [0.05, 0.1) is 15.1 Å². The second kappa shape index (κ2) is 11.9. The highest BCUT2D eigenvalue weighted by atomic mass is 32.1. The third kappa shape index (κ3) is 4.98. The Labute approximate surface area is 322 Å². The molecular formula is C48H33N3S. The van der Waals surface area contributed by atoms with Crippen LogP contribution in [0.3, 0.4) is 0 Å². The molecule has 1 aliphatic carbocycles. The quantitative estimate of drug-likeness (QED) is 0.180. The summed E-state index contributed by atoms with van der Waals surface area (Å²) in [5.74, 6) is 0.523. The fourth-order valence-corrected chi connectivity index (χ4v) is 8.17. The number of thiophene rings is 1. The summed E-state index contributed by atoms with van der Waals surface area (Å²) in [5.41, 5.74) is 6.87. The second-order valence-corrected chi connectivity index (χ2v) is 14.2. The molecule has 0 atom stereocenters. The van der Waals surface area contributed by atoms with Crippen molar-refractivity contribution >= 4 is 31.5 Å². The summed E-state index contributed by atoms with van der Waals surface area (Å²) in [6.07, 6.45) is 0. The van der Waals surface area contributed by atoms with Gasteiger partial charge in [0.25, 0.3) is 0 Å². The van der Waals surface area contributed by atoms with Crippen molar-refractivity contribution in [2.24, 2.45) is 0 Å². The van der Waals surface area contributed by atoms with E-state index in [1.807, 2.05) is 72.8 Å². The van der Waals surface area contributed by atoms with E-state index in [9.17, 15) is 4.11 Å². The molecule has 2 heterocycles. The fraction of sp³-hybridized carbons (Fsp3) is 0.0625. The highest BCUT2D eigenvalue weighted by molar-refractivity contribution is 7.26. The van der Waals surface area contributed by atoms with Crippen molar-refractivity contribution in [2.45, 2.75) is 19.3 Å². The van der Waals surface area contributed by atoms with Gasteiger partial charge < -0.3 is 0 Å². The molecule has 0 saturated heterocycles. The maximum atomic E-state index is 9.67. The average molecular weight is 695 g/mol. The summed E-state index contributed by atoms with van der Waals surface area (Å²) >= 11 is 0.903. The molecule has 2 aromatic heterocycles. The Hall–Kier alpha value is -6.23. The summed E-state index contributed by atoms with van der Waals surface area (Å²) in [6, 6.07) is 26.3. The van der Waals surface area contributed by atoms with Gasteiger partial charge in [0.1, 0.15) is 0 Å². The van der Waals surface area contributed by atoms with Crippen molar-refractivity contribution in [3.05, 3.63) is 175 Å². The van der Waals surface area contributed by atoms with E-state index < -0.39 is 54.4 Å². The standard InChI is InChI=1S/C48H33N3S/c1-48(2)40-18-10-9-16-37(40)38-26-24-34(28-41(38)48)46-49-45(33-22-20-31(21-23-33)30-12-5-3-6-13-30)50-47(51-46)35-25-27-39-43(29-35)52-42-19-11-17-36(44(39)42)32-14-7-4-8-15-32/h3-29H,1-2H3/i4D,7D,8D,11D,14D,15D,17D,19D,25D,27D,29D. The van der Waals surface area contributed by atoms with Crippen LogP contribution in [0, 0.1) is 0 Å². The lowest BCUT2D eigenvalue weighted by Gasteiger charge is -2.21. The molecule has 0 saturated carbocycles. The molecule has 0 unspecified atom stereocenters. The van der Waals surface area contributed by atoms with Crippen LogP contribution < -0.4 is 0 Å².